The molecule has 154 valence electrons. The van der Waals surface area contributed by atoms with Crippen molar-refractivity contribution in [2.45, 2.75) is 31.8 Å². The van der Waals surface area contributed by atoms with Crippen molar-refractivity contribution in [1.82, 2.24) is 4.72 Å². The van der Waals surface area contributed by atoms with E-state index in [1.54, 1.807) is 36.4 Å². The van der Waals surface area contributed by atoms with Crippen LogP contribution in [0.4, 0.5) is 5.69 Å². The molecular weight excluding hydrogens is 396 g/mol. The highest BCUT2D eigenvalue weighted by atomic mass is 32.2. The van der Waals surface area contributed by atoms with Crippen molar-refractivity contribution in [1.29, 1.82) is 0 Å². The normalized spacial score (nSPS) is 12.1. The molecule has 0 aromatic heterocycles. The Hall–Kier alpha value is -3.04. The molecular formula is C20H22N2O6S. The number of esters is 1. The molecule has 0 radical (unpaired) electrons. The summed E-state index contributed by atoms with van der Waals surface area (Å²) < 4.78 is 31.4. The van der Waals surface area contributed by atoms with Crippen molar-refractivity contribution in [3.63, 3.8) is 0 Å². The van der Waals surface area contributed by atoms with Gasteiger partial charge in [0.1, 0.15) is 6.54 Å². The third-order valence-corrected chi connectivity index (χ3v) is 5.39. The number of nitrogens with one attached hydrogen (secondary N) is 2. The lowest BCUT2D eigenvalue weighted by Gasteiger charge is -2.14. The van der Waals surface area contributed by atoms with E-state index in [1.807, 2.05) is 6.92 Å². The smallest absolute Gasteiger partial charge is 0.321 e. The van der Waals surface area contributed by atoms with E-state index in [4.69, 9.17) is 4.74 Å². The molecule has 2 aromatic carbocycles. The van der Waals surface area contributed by atoms with Crippen LogP contribution in [0.3, 0.4) is 0 Å². The fraction of sp³-hybridized carbons (Fsp3) is 0.250. The summed E-state index contributed by atoms with van der Waals surface area (Å²) in [7, 11) is -3.87. The highest BCUT2D eigenvalue weighted by molar-refractivity contribution is 7.89. The van der Waals surface area contributed by atoms with E-state index in [0.717, 1.165) is 5.56 Å². The summed E-state index contributed by atoms with van der Waals surface area (Å²) in [5.41, 5.74) is 1.84. The van der Waals surface area contributed by atoms with Crippen LogP contribution < -0.4 is 10.0 Å². The summed E-state index contributed by atoms with van der Waals surface area (Å²) in [6.07, 6.45) is -1.14. The topological polar surface area (TPSA) is 119 Å². The second kappa shape index (κ2) is 9.44. The molecule has 0 saturated heterocycles. The first-order chi connectivity index (χ1) is 13.6. The minimum atomic E-state index is -3.87. The lowest BCUT2D eigenvalue weighted by Crippen LogP contribution is -2.35. The van der Waals surface area contributed by atoms with Crippen molar-refractivity contribution in [2.24, 2.45) is 0 Å². The molecule has 0 saturated carbocycles. The van der Waals surface area contributed by atoms with Gasteiger partial charge in [-0.15, -0.1) is 0 Å². The molecule has 0 spiro atoms. The van der Waals surface area contributed by atoms with Crippen molar-refractivity contribution in [2.75, 3.05) is 11.9 Å². The Morgan fingerprint density at radius 1 is 1.00 bits per heavy atom. The standard InChI is InChI=1S/C20H22N2O6S/c1-13-4-10-18(11-5-13)29(26,27)21-12-19(24)28-15(3)20(25)22-17-8-6-16(7-9-17)14(2)23/h4-11,15,21H,12H2,1-3H3,(H,22,25)/t15-/m1/s1. The number of aryl methyl sites for hydroxylation is 1. The molecule has 9 heteroatoms. The zero-order chi connectivity index (χ0) is 21.6. The fourth-order valence-corrected chi connectivity index (χ4v) is 3.25. The van der Waals surface area contributed by atoms with Crippen molar-refractivity contribution in [3.05, 3.63) is 59.7 Å². The van der Waals surface area contributed by atoms with Gasteiger partial charge in [-0.25, -0.2) is 8.42 Å². The molecule has 0 heterocycles. The molecule has 0 aliphatic heterocycles. The van der Waals surface area contributed by atoms with Gasteiger partial charge in [-0.2, -0.15) is 4.72 Å². The zero-order valence-corrected chi connectivity index (χ0v) is 17.1. The van der Waals surface area contributed by atoms with Gasteiger partial charge in [-0.05, 0) is 57.2 Å². The van der Waals surface area contributed by atoms with Crippen molar-refractivity contribution in [3.8, 4) is 0 Å². The predicted molar refractivity (Wildman–Crippen MR) is 107 cm³/mol. The van der Waals surface area contributed by atoms with Gasteiger partial charge in [0.05, 0.1) is 4.90 Å². The molecule has 0 bridgehead atoms. The van der Waals surface area contributed by atoms with Gasteiger partial charge in [-0.1, -0.05) is 17.7 Å². The van der Waals surface area contributed by atoms with Crippen LogP contribution in [0.2, 0.25) is 0 Å². The number of Topliss-reactive ketones (excluding diaryl/α,β-unsaturated/α-hetero) is 1. The predicted octanol–water partition coefficient (Wildman–Crippen LogP) is 2.05. The van der Waals surface area contributed by atoms with Gasteiger partial charge >= 0.3 is 5.97 Å². The summed E-state index contributed by atoms with van der Waals surface area (Å²) in [4.78, 5) is 35.3. The summed E-state index contributed by atoms with van der Waals surface area (Å²) in [5, 5.41) is 2.55. The fourth-order valence-electron chi connectivity index (χ4n) is 2.28. The Kier molecular flexibility index (Phi) is 7.24. The SMILES string of the molecule is CC(=O)c1ccc(NC(=O)[C@@H](C)OC(=O)CNS(=O)(=O)c2ccc(C)cc2)cc1. The minimum absolute atomic E-state index is 0.0238. The quantitative estimate of drug-likeness (QED) is 0.500. The Bertz CT molecular complexity index is 998. The molecule has 0 fully saturated rings. The maximum atomic E-state index is 12.2. The van der Waals surface area contributed by atoms with E-state index >= 15 is 0 Å². The molecule has 2 rings (SSSR count). The molecule has 0 aliphatic rings. The van der Waals surface area contributed by atoms with Crippen LogP contribution >= 0.6 is 0 Å². The van der Waals surface area contributed by atoms with Gasteiger partial charge in [-0.3, -0.25) is 14.4 Å². The second-order valence-electron chi connectivity index (χ2n) is 6.39. The van der Waals surface area contributed by atoms with Crippen LogP contribution in [0, 0.1) is 6.92 Å². The number of rotatable bonds is 8. The van der Waals surface area contributed by atoms with E-state index in [0.29, 0.717) is 11.3 Å². The van der Waals surface area contributed by atoms with E-state index < -0.39 is 34.5 Å². The monoisotopic (exact) mass is 418 g/mol. The Balaban J connectivity index is 1.86. The van der Waals surface area contributed by atoms with E-state index in [-0.39, 0.29) is 10.7 Å². The molecule has 1 amide bonds. The molecule has 0 aliphatic carbocycles. The van der Waals surface area contributed by atoms with Crippen LogP contribution in [-0.4, -0.2) is 38.7 Å². The number of ether oxygens (including phenoxy) is 1. The highest BCUT2D eigenvalue weighted by Crippen LogP contribution is 2.12. The average Bonchev–Trinajstić information content (AvgIpc) is 2.67. The third kappa shape index (κ3) is 6.51. The molecule has 2 N–H and O–H groups in total. The molecule has 8 nitrogen and oxygen atoms in total. The van der Waals surface area contributed by atoms with Gasteiger partial charge in [0, 0.05) is 11.3 Å². The first kappa shape index (κ1) is 22.3. The van der Waals surface area contributed by atoms with E-state index in [1.165, 1.54) is 26.0 Å². The number of anilines is 1. The largest absolute Gasteiger partial charge is 0.452 e. The Morgan fingerprint density at radius 3 is 2.14 bits per heavy atom. The van der Waals surface area contributed by atoms with E-state index in [2.05, 4.69) is 10.0 Å². The van der Waals surface area contributed by atoms with Gasteiger partial charge in [0.25, 0.3) is 5.91 Å². The average molecular weight is 418 g/mol. The first-order valence-corrected chi connectivity index (χ1v) is 10.2. The van der Waals surface area contributed by atoms with Crippen LogP contribution in [0.1, 0.15) is 29.8 Å². The van der Waals surface area contributed by atoms with Crippen molar-refractivity contribution >= 4 is 33.4 Å². The van der Waals surface area contributed by atoms with E-state index in [9.17, 15) is 22.8 Å². The highest BCUT2D eigenvalue weighted by Gasteiger charge is 2.20. The summed E-state index contributed by atoms with van der Waals surface area (Å²) in [6, 6.07) is 12.4. The molecule has 1 atom stereocenters. The molecule has 29 heavy (non-hydrogen) atoms. The Morgan fingerprint density at radius 2 is 1.59 bits per heavy atom. The number of ketones is 1. The summed E-state index contributed by atoms with van der Waals surface area (Å²) >= 11 is 0. The molecule has 2 aromatic rings. The van der Waals surface area contributed by atoms with Gasteiger partial charge < -0.3 is 10.1 Å². The number of carbonyl (C=O) groups is 3. The maximum Gasteiger partial charge on any atom is 0.321 e. The third-order valence-electron chi connectivity index (χ3n) is 3.97. The van der Waals surface area contributed by atoms with Crippen LogP contribution in [0.15, 0.2) is 53.4 Å². The number of hydrogen-bond acceptors (Lipinski definition) is 6. The first-order valence-electron chi connectivity index (χ1n) is 8.76. The van der Waals surface area contributed by atoms with Crippen LogP contribution in [0.25, 0.3) is 0 Å². The maximum absolute atomic E-state index is 12.2. The summed E-state index contributed by atoms with van der Waals surface area (Å²) in [5.74, 6) is -1.58. The van der Waals surface area contributed by atoms with Crippen LogP contribution in [-0.2, 0) is 24.3 Å². The van der Waals surface area contributed by atoms with Crippen LogP contribution in [0.5, 0.6) is 0 Å². The lowest BCUT2D eigenvalue weighted by molar-refractivity contribution is -0.151. The number of hydrogen-bond donors (Lipinski definition) is 2. The lowest BCUT2D eigenvalue weighted by atomic mass is 10.1. The molecule has 0 unspecified atom stereocenters. The van der Waals surface area contributed by atoms with Gasteiger partial charge in [0.15, 0.2) is 11.9 Å². The number of amides is 1. The Labute approximate surface area is 169 Å². The second-order valence-corrected chi connectivity index (χ2v) is 8.16. The van der Waals surface area contributed by atoms with Gasteiger partial charge in [0.2, 0.25) is 10.0 Å². The number of carbonyl (C=O) groups excluding carboxylic acids is 3. The minimum Gasteiger partial charge on any atom is -0.452 e. The van der Waals surface area contributed by atoms with Crippen molar-refractivity contribution < 1.29 is 27.5 Å². The summed E-state index contributed by atoms with van der Waals surface area (Å²) in [6.45, 7) is 4.01. The number of sulfonamides is 1. The number of benzene rings is 2. The zero-order valence-electron chi connectivity index (χ0n) is 16.3.